The molecule has 0 N–H and O–H groups in total. The Morgan fingerprint density at radius 2 is 2.00 bits per heavy atom. The summed E-state index contributed by atoms with van der Waals surface area (Å²) in [6, 6.07) is 9.61. The molecule has 0 saturated heterocycles. The van der Waals surface area contributed by atoms with Gasteiger partial charge in [-0.2, -0.15) is 0 Å². The summed E-state index contributed by atoms with van der Waals surface area (Å²) >= 11 is 3.77. The molecular weight excluding hydrogens is 286 g/mol. The maximum absolute atomic E-state index is 3.77. The highest BCUT2D eigenvalue weighted by atomic mass is 79.9. The Labute approximate surface area is 119 Å². The molecule has 18 heavy (non-hydrogen) atoms. The zero-order valence-electron chi connectivity index (χ0n) is 11.2. The van der Waals surface area contributed by atoms with E-state index in [9.17, 15) is 0 Å². The normalized spacial score (nSPS) is 25.4. The predicted octanol–water partition coefficient (Wildman–Crippen LogP) is 4.39. The fourth-order valence-corrected chi connectivity index (χ4v) is 4.43. The van der Waals surface area contributed by atoms with Crippen LogP contribution < -0.4 is 4.90 Å². The van der Waals surface area contributed by atoms with E-state index in [-0.39, 0.29) is 0 Å². The summed E-state index contributed by atoms with van der Waals surface area (Å²) in [7, 11) is 0. The van der Waals surface area contributed by atoms with Gasteiger partial charge in [0.2, 0.25) is 0 Å². The first-order valence-corrected chi connectivity index (χ1v) is 8.27. The highest BCUT2D eigenvalue weighted by molar-refractivity contribution is 9.09. The number of hydrogen-bond acceptors (Lipinski definition) is 1. The highest BCUT2D eigenvalue weighted by Crippen LogP contribution is 2.43. The van der Waals surface area contributed by atoms with E-state index < -0.39 is 0 Å². The molecule has 1 aliphatic heterocycles. The second kappa shape index (κ2) is 4.88. The summed E-state index contributed by atoms with van der Waals surface area (Å²) in [6.45, 7) is 3.60. The van der Waals surface area contributed by atoms with Crippen molar-refractivity contribution in [2.75, 3.05) is 16.8 Å². The molecule has 1 aromatic carbocycles. The van der Waals surface area contributed by atoms with Crippen LogP contribution in [0.25, 0.3) is 0 Å². The molecule has 1 heterocycles. The van der Waals surface area contributed by atoms with E-state index in [4.69, 9.17) is 0 Å². The Morgan fingerprint density at radius 1 is 1.28 bits per heavy atom. The van der Waals surface area contributed by atoms with Crippen molar-refractivity contribution in [2.24, 2.45) is 5.41 Å². The molecule has 1 aliphatic carbocycles. The largest absolute Gasteiger partial charge is 0.368 e. The summed E-state index contributed by atoms with van der Waals surface area (Å²) in [6.07, 6.45) is 6.83. The SMILES string of the molecule is CC1Cc2ccccc2N1CC1(CBr)CCCC1. The second-order valence-electron chi connectivity index (χ2n) is 6.15. The minimum absolute atomic E-state index is 0.520. The number of anilines is 1. The van der Waals surface area contributed by atoms with Crippen LogP contribution in [0.2, 0.25) is 0 Å². The Kier molecular flexibility index (Phi) is 3.40. The molecule has 1 aromatic rings. The quantitative estimate of drug-likeness (QED) is 0.748. The Hall–Kier alpha value is -0.500. The number of alkyl halides is 1. The van der Waals surface area contributed by atoms with E-state index in [1.54, 1.807) is 0 Å². The molecule has 0 aromatic heterocycles. The predicted molar refractivity (Wildman–Crippen MR) is 81.6 cm³/mol. The molecule has 98 valence electrons. The van der Waals surface area contributed by atoms with Crippen LogP contribution in [0.3, 0.4) is 0 Å². The Morgan fingerprint density at radius 3 is 2.72 bits per heavy atom. The number of halogens is 1. The third-order valence-corrected chi connectivity index (χ3v) is 5.99. The average Bonchev–Trinajstić information content (AvgIpc) is 2.97. The van der Waals surface area contributed by atoms with Gasteiger partial charge in [-0.05, 0) is 43.2 Å². The van der Waals surface area contributed by atoms with Gasteiger partial charge in [0.05, 0.1) is 0 Å². The summed E-state index contributed by atoms with van der Waals surface area (Å²) in [5, 5.41) is 1.16. The second-order valence-corrected chi connectivity index (χ2v) is 6.71. The van der Waals surface area contributed by atoms with Gasteiger partial charge in [0, 0.05) is 23.6 Å². The minimum Gasteiger partial charge on any atom is -0.368 e. The van der Waals surface area contributed by atoms with Gasteiger partial charge < -0.3 is 4.90 Å². The number of benzene rings is 1. The zero-order chi connectivity index (χ0) is 12.6. The third kappa shape index (κ3) is 2.09. The summed E-state index contributed by atoms with van der Waals surface area (Å²) in [5.41, 5.74) is 3.54. The average molecular weight is 308 g/mol. The summed E-state index contributed by atoms with van der Waals surface area (Å²) < 4.78 is 0. The van der Waals surface area contributed by atoms with Crippen LogP contribution in [0, 0.1) is 5.41 Å². The molecule has 1 nitrogen and oxygen atoms in total. The first kappa shape index (κ1) is 12.5. The lowest BCUT2D eigenvalue weighted by Crippen LogP contribution is -2.40. The van der Waals surface area contributed by atoms with Gasteiger partial charge in [0.15, 0.2) is 0 Å². The molecule has 0 bridgehead atoms. The smallest absolute Gasteiger partial charge is 0.0402 e. The fourth-order valence-electron chi connectivity index (χ4n) is 3.69. The van der Waals surface area contributed by atoms with Crippen molar-refractivity contribution in [1.82, 2.24) is 0 Å². The van der Waals surface area contributed by atoms with Crippen LogP contribution in [-0.2, 0) is 6.42 Å². The first-order chi connectivity index (χ1) is 8.74. The lowest BCUT2D eigenvalue weighted by molar-refractivity contribution is 0.342. The van der Waals surface area contributed by atoms with Gasteiger partial charge in [-0.3, -0.25) is 0 Å². The maximum Gasteiger partial charge on any atom is 0.0402 e. The van der Waals surface area contributed by atoms with E-state index in [0.717, 1.165) is 5.33 Å². The Bertz CT molecular complexity index is 423. The summed E-state index contributed by atoms with van der Waals surface area (Å²) in [4.78, 5) is 2.65. The van der Waals surface area contributed by atoms with Gasteiger partial charge in [-0.1, -0.05) is 47.0 Å². The fraction of sp³-hybridized carbons (Fsp3) is 0.625. The molecule has 3 rings (SSSR count). The molecule has 0 amide bonds. The first-order valence-electron chi connectivity index (χ1n) is 7.15. The number of para-hydroxylation sites is 1. The molecule has 1 fully saturated rings. The lowest BCUT2D eigenvalue weighted by atomic mass is 9.88. The van der Waals surface area contributed by atoms with Crippen LogP contribution in [-0.4, -0.2) is 17.9 Å². The summed E-state index contributed by atoms with van der Waals surface area (Å²) in [5.74, 6) is 0. The number of nitrogens with zero attached hydrogens (tertiary/aromatic N) is 1. The van der Waals surface area contributed by atoms with E-state index in [1.165, 1.54) is 49.9 Å². The van der Waals surface area contributed by atoms with Gasteiger partial charge >= 0.3 is 0 Å². The van der Waals surface area contributed by atoms with Gasteiger partial charge in [-0.25, -0.2) is 0 Å². The van der Waals surface area contributed by atoms with Crippen LogP contribution >= 0.6 is 15.9 Å². The van der Waals surface area contributed by atoms with Crippen LogP contribution in [0.5, 0.6) is 0 Å². The third-order valence-electron chi connectivity index (χ3n) is 4.80. The molecule has 0 spiro atoms. The number of hydrogen-bond donors (Lipinski definition) is 0. The molecule has 2 aliphatic rings. The molecule has 1 unspecified atom stereocenters. The zero-order valence-corrected chi connectivity index (χ0v) is 12.7. The molecule has 0 radical (unpaired) electrons. The van der Waals surface area contributed by atoms with Crippen LogP contribution in [0.4, 0.5) is 5.69 Å². The van der Waals surface area contributed by atoms with Crippen molar-refractivity contribution in [3.8, 4) is 0 Å². The monoisotopic (exact) mass is 307 g/mol. The van der Waals surface area contributed by atoms with Crippen LogP contribution in [0.1, 0.15) is 38.2 Å². The van der Waals surface area contributed by atoms with Crippen molar-refractivity contribution >= 4 is 21.6 Å². The molecule has 2 heteroatoms. The molecule has 1 saturated carbocycles. The van der Waals surface area contributed by atoms with Crippen molar-refractivity contribution in [3.05, 3.63) is 29.8 Å². The highest BCUT2D eigenvalue weighted by Gasteiger charge is 2.37. The Balaban J connectivity index is 1.84. The standard InChI is InChI=1S/C16H22BrN/c1-13-10-14-6-2-3-7-15(14)18(13)12-16(11-17)8-4-5-9-16/h2-3,6-7,13H,4-5,8-12H2,1H3. The maximum atomic E-state index is 3.77. The lowest BCUT2D eigenvalue weighted by Gasteiger charge is -2.36. The van der Waals surface area contributed by atoms with Gasteiger partial charge in [-0.15, -0.1) is 0 Å². The topological polar surface area (TPSA) is 3.24 Å². The van der Waals surface area contributed by atoms with E-state index in [0.29, 0.717) is 11.5 Å². The van der Waals surface area contributed by atoms with E-state index in [1.807, 2.05) is 0 Å². The number of rotatable bonds is 3. The van der Waals surface area contributed by atoms with Gasteiger partial charge in [0.1, 0.15) is 0 Å². The van der Waals surface area contributed by atoms with Crippen molar-refractivity contribution < 1.29 is 0 Å². The van der Waals surface area contributed by atoms with Crippen molar-refractivity contribution in [2.45, 2.75) is 45.1 Å². The van der Waals surface area contributed by atoms with Crippen LogP contribution in [0.15, 0.2) is 24.3 Å². The van der Waals surface area contributed by atoms with Crippen molar-refractivity contribution in [3.63, 3.8) is 0 Å². The minimum atomic E-state index is 0.520. The van der Waals surface area contributed by atoms with E-state index >= 15 is 0 Å². The van der Waals surface area contributed by atoms with Gasteiger partial charge in [0.25, 0.3) is 0 Å². The molecule has 1 atom stereocenters. The number of fused-ring (bicyclic) bond motifs is 1. The molecular formula is C16H22BrN. The van der Waals surface area contributed by atoms with Crippen molar-refractivity contribution in [1.29, 1.82) is 0 Å². The van der Waals surface area contributed by atoms with E-state index in [2.05, 4.69) is 52.0 Å².